The standard InChI is InChI=1S/C15H24N2O2/c1-9(2)13(10(3)4)8-16-14-7-12(15(18)19)6-11(5)17-14/h6-7,9-10,13H,8H2,1-5H3,(H,16,17)(H,18,19). The molecule has 0 saturated heterocycles. The van der Waals surface area contributed by atoms with Gasteiger partial charge in [-0.3, -0.25) is 0 Å². The van der Waals surface area contributed by atoms with E-state index in [1.807, 2.05) is 0 Å². The van der Waals surface area contributed by atoms with E-state index in [0.717, 1.165) is 6.54 Å². The molecule has 0 aliphatic rings. The highest BCUT2D eigenvalue weighted by Crippen LogP contribution is 2.21. The first-order valence-electron chi connectivity index (χ1n) is 6.77. The molecule has 1 rings (SSSR count). The van der Waals surface area contributed by atoms with Crippen molar-refractivity contribution in [2.75, 3.05) is 11.9 Å². The van der Waals surface area contributed by atoms with E-state index in [1.165, 1.54) is 0 Å². The molecule has 4 heteroatoms. The smallest absolute Gasteiger partial charge is 0.335 e. The summed E-state index contributed by atoms with van der Waals surface area (Å²) in [6.07, 6.45) is 0. The first kappa shape index (κ1) is 15.5. The molecular formula is C15H24N2O2. The number of aryl methyl sites for hydroxylation is 1. The SMILES string of the molecule is Cc1cc(C(=O)O)cc(NCC(C(C)C)C(C)C)n1. The second-order valence-corrected chi connectivity index (χ2v) is 5.72. The van der Waals surface area contributed by atoms with Crippen LogP contribution in [0.25, 0.3) is 0 Å². The van der Waals surface area contributed by atoms with E-state index in [9.17, 15) is 4.79 Å². The molecule has 0 spiro atoms. The van der Waals surface area contributed by atoms with Crippen LogP contribution in [-0.2, 0) is 0 Å². The number of hydrogen-bond donors (Lipinski definition) is 2. The first-order chi connectivity index (χ1) is 8.81. The highest BCUT2D eigenvalue weighted by molar-refractivity contribution is 5.88. The van der Waals surface area contributed by atoms with Crippen LogP contribution in [0.3, 0.4) is 0 Å². The van der Waals surface area contributed by atoms with Crippen LogP contribution in [0.5, 0.6) is 0 Å². The zero-order chi connectivity index (χ0) is 14.6. The van der Waals surface area contributed by atoms with Crippen molar-refractivity contribution in [1.82, 2.24) is 4.98 Å². The molecule has 19 heavy (non-hydrogen) atoms. The Hall–Kier alpha value is -1.58. The Morgan fingerprint density at radius 2 is 1.84 bits per heavy atom. The molecule has 1 aromatic rings. The minimum Gasteiger partial charge on any atom is -0.478 e. The van der Waals surface area contributed by atoms with Crippen LogP contribution in [0.2, 0.25) is 0 Å². The fraction of sp³-hybridized carbons (Fsp3) is 0.600. The zero-order valence-corrected chi connectivity index (χ0v) is 12.4. The first-order valence-corrected chi connectivity index (χ1v) is 6.77. The summed E-state index contributed by atoms with van der Waals surface area (Å²) in [6.45, 7) is 11.4. The van der Waals surface area contributed by atoms with Crippen LogP contribution in [0, 0.1) is 24.7 Å². The Bertz CT molecular complexity index is 434. The second-order valence-electron chi connectivity index (χ2n) is 5.72. The van der Waals surface area contributed by atoms with Gasteiger partial charge in [-0.1, -0.05) is 27.7 Å². The molecule has 0 saturated carbocycles. The molecule has 0 bridgehead atoms. The second kappa shape index (κ2) is 6.55. The summed E-state index contributed by atoms with van der Waals surface area (Å²) in [5.74, 6) is 1.42. The Morgan fingerprint density at radius 3 is 2.32 bits per heavy atom. The minimum absolute atomic E-state index is 0.278. The molecule has 2 N–H and O–H groups in total. The lowest BCUT2D eigenvalue weighted by Crippen LogP contribution is -2.25. The summed E-state index contributed by atoms with van der Waals surface area (Å²) in [7, 11) is 0. The molecule has 0 atom stereocenters. The number of pyridine rings is 1. The summed E-state index contributed by atoms with van der Waals surface area (Å²) < 4.78 is 0. The normalized spacial score (nSPS) is 11.4. The predicted octanol–water partition coefficient (Wildman–Crippen LogP) is 3.43. The average molecular weight is 264 g/mol. The summed E-state index contributed by atoms with van der Waals surface area (Å²) in [5.41, 5.74) is 0.994. The summed E-state index contributed by atoms with van der Waals surface area (Å²) in [5, 5.41) is 12.3. The number of hydrogen-bond acceptors (Lipinski definition) is 3. The molecular weight excluding hydrogens is 240 g/mol. The van der Waals surface area contributed by atoms with Crippen LogP contribution in [0.15, 0.2) is 12.1 Å². The van der Waals surface area contributed by atoms with Crippen molar-refractivity contribution in [1.29, 1.82) is 0 Å². The lowest BCUT2D eigenvalue weighted by atomic mass is 9.85. The topological polar surface area (TPSA) is 62.2 Å². The molecule has 0 aliphatic heterocycles. The minimum atomic E-state index is -0.919. The van der Waals surface area contributed by atoms with Gasteiger partial charge in [0.2, 0.25) is 0 Å². The van der Waals surface area contributed by atoms with Crippen LogP contribution in [0.1, 0.15) is 43.7 Å². The Labute approximate surface area is 115 Å². The lowest BCUT2D eigenvalue weighted by Gasteiger charge is -2.25. The van der Waals surface area contributed by atoms with E-state index in [2.05, 4.69) is 38.0 Å². The molecule has 0 amide bonds. The van der Waals surface area contributed by atoms with Crippen molar-refractivity contribution in [2.45, 2.75) is 34.6 Å². The van der Waals surface area contributed by atoms with E-state index >= 15 is 0 Å². The van der Waals surface area contributed by atoms with E-state index in [4.69, 9.17) is 5.11 Å². The van der Waals surface area contributed by atoms with E-state index in [-0.39, 0.29) is 5.56 Å². The third-order valence-corrected chi connectivity index (χ3v) is 3.43. The van der Waals surface area contributed by atoms with Gasteiger partial charge in [0.15, 0.2) is 0 Å². The number of carbonyl (C=O) groups is 1. The number of aromatic nitrogens is 1. The van der Waals surface area contributed by atoms with Crippen molar-refractivity contribution in [3.8, 4) is 0 Å². The largest absolute Gasteiger partial charge is 0.478 e. The lowest BCUT2D eigenvalue weighted by molar-refractivity contribution is 0.0696. The molecule has 0 aromatic carbocycles. The number of nitrogens with zero attached hydrogens (tertiary/aromatic N) is 1. The Balaban J connectivity index is 2.79. The fourth-order valence-electron chi connectivity index (χ4n) is 2.35. The molecule has 1 heterocycles. The zero-order valence-electron chi connectivity index (χ0n) is 12.4. The Morgan fingerprint density at radius 1 is 1.26 bits per heavy atom. The third kappa shape index (κ3) is 4.54. The van der Waals surface area contributed by atoms with E-state index in [0.29, 0.717) is 29.3 Å². The molecule has 0 radical (unpaired) electrons. The monoisotopic (exact) mass is 264 g/mol. The van der Waals surface area contributed by atoms with Crippen LogP contribution < -0.4 is 5.32 Å². The predicted molar refractivity (Wildman–Crippen MR) is 77.6 cm³/mol. The average Bonchev–Trinajstić information content (AvgIpc) is 2.27. The van der Waals surface area contributed by atoms with Crippen molar-refractivity contribution in [3.63, 3.8) is 0 Å². The van der Waals surface area contributed by atoms with Crippen molar-refractivity contribution < 1.29 is 9.90 Å². The fourth-order valence-corrected chi connectivity index (χ4v) is 2.35. The van der Waals surface area contributed by atoms with Gasteiger partial charge in [-0.25, -0.2) is 9.78 Å². The number of anilines is 1. The molecule has 0 aliphatic carbocycles. The van der Waals surface area contributed by atoms with Crippen molar-refractivity contribution in [2.24, 2.45) is 17.8 Å². The van der Waals surface area contributed by atoms with Crippen LogP contribution >= 0.6 is 0 Å². The van der Waals surface area contributed by atoms with Gasteiger partial charge in [0.25, 0.3) is 0 Å². The highest BCUT2D eigenvalue weighted by Gasteiger charge is 2.17. The van der Waals surface area contributed by atoms with Gasteiger partial charge in [0, 0.05) is 12.2 Å². The maximum Gasteiger partial charge on any atom is 0.335 e. The highest BCUT2D eigenvalue weighted by atomic mass is 16.4. The van der Waals surface area contributed by atoms with Gasteiger partial charge < -0.3 is 10.4 Å². The quantitative estimate of drug-likeness (QED) is 0.826. The molecule has 1 aromatic heterocycles. The van der Waals surface area contributed by atoms with Gasteiger partial charge in [-0.05, 0) is 36.8 Å². The number of aromatic carboxylic acids is 1. The van der Waals surface area contributed by atoms with Gasteiger partial charge in [-0.2, -0.15) is 0 Å². The summed E-state index contributed by atoms with van der Waals surface area (Å²) in [6, 6.07) is 3.17. The van der Waals surface area contributed by atoms with Gasteiger partial charge in [0.1, 0.15) is 5.82 Å². The van der Waals surface area contributed by atoms with Crippen LogP contribution in [-0.4, -0.2) is 22.6 Å². The number of rotatable bonds is 6. The maximum absolute atomic E-state index is 11.0. The third-order valence-electron chi connectivity index (χ3n) is 3.43. The summed E-state index contributed by atoms with van der Waals surface area (Å²) >= 11 is 0. The van der Waals surface area contributed by atoms with Crippen molar-refractivity contribution >= 4 is 11.8 Å². The summed E-state index contributed by atoms with van der Waals surface area (Å²) in [4.78, 5) is 15.3. The maximum atomic E-state index is 11.0. The van der Waals surface area contributed by atoms with Gasteiger partial charge in [-0.15, -0.1) is 0 Å². The number of carboxylic acids is 1. The molecule has 4 nitrogen and oxygen atoms in total. The van der Waals surface area contributed by atoms with Gasteiger partial charge >= 0.3 is 5.97 Å². The van der Waals surface area contributed by atoms with E-state index in [1.54, 1.807) is 19.1 Å². The number of carboxylic acid groups (broad SMARTS) is 1. The van der Waals surface area contributed by atoms with Crippen molar-refractivity contribution in [3.05, 3.63) is 23.4 Å². The molecule has 106 valence electrons. The molecule has 0 unspecified atom stereocenters. The molecule has 0 fully saturated rings. The van der Waals surface area contributed by atoms with Crippen LogP contribution in [0.4, 0.5) is 5.82 Å². The Kier molecular flexibility index (Phi) is 5.33. The van der Waals surface area contributed by atoms with Gasteiger partial charge in [0.05, 0.1) is 5.56 Å². The number of nitrogens with one attached hydrogen (secondary N) is 1. The van der Waals surface area contributed by atoms with E-state index < -0.39 is 5.97 Å².